The van der Waals surface area contributed by atoms with Crippen molar-refractivity contribution in [2.24, 2.45) is 11.3 Å². The Balaban J connectivity index is 1.38. The van der Waals surface area contributed by atoms with Gasteiger partial charge in [0.1, 0.15) is 35.1 Å². The minimum Gasteiger partial charge on any atom is -0.444 e. The first-order valence-electron chi connectivity index (χ1n) is 16.7. The van der Waals surface area contributed by atoms with E-state index in [4.69, 9.17) is 9.47 Å². The standard InChI is InChI=1S/C34H46FN5O9S/c1-8-20-15-34(20,29(43)38-50(46,47)22-12-13-22)37-27(41)25-14-21(48-31(45)39-16-19-10-9-11-24(35)23(19)18-39)17-40(25)28(42)26(32(2,3)4)36-30(44)49-33(5,6)7/h8-11,20-22,25-26H,1,12-18H2,2-7H3,(H,36,44)(H,37,41)(H,38,43)/t20-,21-,25+,26-,34-/m1/s1. The molecule has 1 aromatic carbocycles. The number of nitrogens with one attached hydrogen (secondary N) is 3. The van der Waals surface area contributed by atoms with Gasteiger partial charge in [-0.25, -0.2) is 22.4 Å². The summed E-state index contributed by atoms with van der Waals surface area (Å²) in [6.07, 6.45) is -0.394. The molecule has 0 spiro atoms. The molecule has 5 atom stereocenters. The van der Waals surface area contributed by atoms with Gasteiger partial charge in [0, 0.05) is 24.4 Å². The maximum atomic E-state index is 14.4. The fourth-order valence-corrected chi connectivity index (χ4v) is 7.72. The second-order valence-corrected chi connectivity index (χ2v) is 17.6. The molecule has 0 aromatic heterocycles. The van der Waals surface area contributed by atoms with Crippen LogP contribution in [0.1, 0.15) is 78.4 Å². The molecule has 14 nitrogen and oxygen atoms in total. The van der Waals surface area contributed by atoms with Crippen molar-refractivity contribution < 1.29 is 46.3 Å². The monoisotopic (exact) mass is 719 g/mol. The van der Waals surface area contributed by atoms with Gasteiger partial charge in [0.2, 0.25) is 21.8 Å². The molecule has 2 aliphatic carbocycles. The molecule has 2 aliphatic heterocycles. The number of hydrogen-bond donors (Lipinski definition) is 3. The number of amides is 5. The number of sulfonamides is 1. The van der Waals surface area contributed by atoms with Crippen molar-refractivity contribution in [3.8, 4) is 0 Å². The molecule has 1 saturated heterocycles. The van der Waals surface area contributed by atoms with Crippen LogP contribution in [0.2, 0.25) is 0 Å². The third-order valence-corrected chi connectivity index (χ3v) is 11.1. The summed E-state index contributed by atoms with van der Waals surface area (Å²) in [6, 6.07) is 2.09. The summed E-state index contributed by atoms with van der Waals surface area (Å²) in [5.41, 5.74) is -2.35. The van der Waals surface area contributed by atoms with E-state index in [9.17, 15) is 36.8 Å². The molecule has 2 saturated carbocycles. The lowest BCUT2D eigenvalue weighted by molar-refractivity contribution is -0.143. The average molecular weight is 720 g/mol. The van der Waals surface area contributed by atoms with E-state index in [0.717, 1.165) is 0 Å². The van der Waals surface area contributed by atoms with Crippen molar-refractivity contribution in [1.82, 2.24) is 25.2 Å². The van der Waals surface area contributed by atoms with Crippen LogP contribution in [0.15, 0.2) is 30.9 Å². The Morgan fingerprint density at radius 2 is 1.76 bits per heavy atom. The zero-order chi connectivity index (χ0) is 37.0. The number of carbonyl (C=O) groups is 5. The number of likely N-dealkylation sites (tertiary alicyclic amines) is 1. The predicted octanol–water partition coefficient (Wildman–Crippen LogP) is 2.86. The molecule has 3 fully saturated rings. The molecule has 5 rings (SSSR count). The summed E-state index contributed by atoms with van der Waals surface area (Å²) < 4.78 is 52.9. The Kier molecular flexibility index (Phi) is 9.75. The highest BCUT2D eigenvalue weighted by atomic mass is 32.2. The van der Waals surface area contributed by atoms with Gasteiger partial charge < -0.3 is 25.0 Å². The summed E-state index contributed by atoms with van der Waals surface area (Å²) in [4.78, 5) is 70.4. The number of benzene rings is 1. The van der Waals surface area contributed by atoms with Gasteiger partial charge in [0.05, 0.1) is 18.3 Å². The van der Waals surface area contributed by atoms with Crippen molar-refractivity contribution in [1.29, 1.82) is 0 Å². The summed E-state index contributed by atoms with van der Waals surface area (Å²) in [6.45, 7) is 13.7. The van der Waals surface area contributed by atoms with Crippen molar-refractivity contribution in [2.75, 3.05) is 6.54 Å². The van der Waals surface area contributed by atoms with Gasteiger partial charge in [-0.15, -0.1) is 6.58 Å². The van der Waals surface area contributed by atoms with Crippen LogP contribution < -0.4 is 15.4 Å². The van der Waals surface area contributed by atoms with Crippen molar-refractivity contribution in [2.45, 2.75) is 115 Å². The summed E-state index contributed by atoms with van der Waals surface area (Å²) in [5, 5.41) is 4.64. The molecule has 0 bridgehead atoms. The highest BCUT2D eigenvalue weighted by Gasteiger charge is 2.62. The lowest BCUT2D eigenvalue weighted by atomic mass is 9.85. The SMILES string of the molecule is C=C[C@@H]1C[C@]1(NC(=O)[C@@H]1C[C@@H](OC(=O)N2Cc3cccc(F)c3C2)CN1C(=O)[C@@H](NC(=O)OC(C)(C)C)C(C)(C)C)C(=O)NS(=O)(=O)C1CC1. The summed E-state index contributed by atoms with van der Waals surface area (Å²) in [5.74, 6) is -3.36. The molecule has 0 radical (unpaired) electrons. The lowest BCUT2D eigenvalue weighted by Crippen LogP contribution is -2.60. The highest BCUT2D eigenvalue weighted by molar-refractivity contribution is 7.91. The maximum Gasteiger partial charge on any atom is 0.410 e. The first-order chi connectivity index (χ1) is 23.1. The molecule has 4 aliphatic rings. The van der Waals surface area contributed by atoms with E-state index in [1.165, 1.54) is 21.9 Å². The molecule has 50 heavy (non-hydrogen) atoms. The predicted molar refractivity (Wildman–Crippen MR) is 178 cm³/mol. The molecule has 274 valence electrons. The van der Waals surface area contributed by atoms with E-state index in [0.29, 0.717) is 24.0 Å². The topological polar surface area (TPSA) is 181 Å². The third kappa shape index (κ3) is 7.89. The molecule has 3 N–H and O–H groups in total. The van der Waals surface area contributed by atoms with Gasteiger partial charge in [0.25, 0.3) is 5.91 Å². The summed E-state index contributed by atoms with van der Waals surface area (Å²) in [7, 11) is -3.93. The molecule has 1 aromatic rings. The fourth-order valence-electron chi connectivity index (χ4n) is 6.36. The van der Waals surface area contributed by atoms with Gasteiger partial charge in [-0.05, 0) is 57.1 Å². The lowest BCUT2D eigenvalue weighted by Gasteiger charge is -2.36. The minimum atomic E-state index is -3.93. The fraction of sp³-hybridized carbons (Fsp3) is 0.618. The van der Waals surface area contributed by atoms with E-state index in [2.05, 4.69) is 21.9 Å². The van der Waals surface area contributed by atoms with Crippen molar-refractivity contribution >= 4 is 39.9 Å². The second kappa shape index (κ2) is 13.2. The van der Waals surface area contributed by atoms with E-state index in [1.54, 1.807) is 53.7 Å². The Bertz CT molecular complexity index is 1700. The Hall–Kier alpha value is -4.21. The smallest absolute Gasteiger partial charge is 0.410 e. The van der Waals surface area contributed by atoms with Crippen LogP contribution in [-0.4, -0.2) is 89.2 Å². The number of alkyl carbamates (subject to hydrolysis) is 1. The number of rotatable bonds is 9. The average Bonchev–Trinajstić information content (AvgIpc) is 3.89. The third-order valence-electron chi connectivity index (χ3n) is 9.32. The van der Waals surface area contributed by atoms with Gasteiger partial charge in [-0.2, -0.15) is 0 Å². The molecule has 16 heteroatoms. The maximum absolute atomic E-state index is 14.4. The molecular weight excluding hydrogens is 673 g/mol. The number of hydrogen-bond acceptors (Lipinski definition) is 9. The van der Waals surface area contributed by atoms with Gasteiger partial charge in [-0.3, -0.25) is 24.0 Å². The van der Waals surface area contributed by atoms with E-state index in [-0.39, 0.29) is 32.5 Å². The minimum absolute atomic E-state index is 0.0175. The second-order valence-electron chi connectivity index (χ2n) is 15.6. The van der Waals surface area contributed by atoms with Gasteiger partial charge >= 0.3 is 12.2 Å². The number of ether oxygens (including phenoxy) is 2. The van der Waals surface area contributed by atoms with Crippen LogP contribution >= 0.6 is 0 Å². The van der Waals surface area contributed by atoms with E-state index in [1.807, 2.05) is 0 Å². The molecular formula is C34H46FN5O9S. The first kappa shape index (κ1) is 37.1. The normalized spacial score (nSPS) is 25.2. The molecule has 5 amide bonds. The Morgan fingerprint density at radius 3 is 2.32 bits per heavy atom. The van der Waals surface area contributed by atoms with Crippen LogP contribution in [0.4, 0.5) is 14.0 Å². The zero-order valence-corrected chi connectivity index (χ0v) is 30.0. The zero-order valence-electron chi connectivity index (χ0n) is 29.2. The van der Waals surface area contributed by atoms with Crippen molar-refractivity contribution in [3.63, 3.8) is 0 Å². The van der Waals surface area contributed by atoms with Crippen LogP contribution in [0.25, 0.3) is 0 Å². The number of carbonyl (C=O) groups excluding carboxylic acids is 5. The van der Waals surface area contributed by atoms with Gasteiger partial charge in [0.15, 0.2) is 0 Å². The Labute approximate surface area is 291 Å². The van der Waals surface area contributed by atoms with E-state index >= 15 is 0 Å². The van der Waals surface area contributed by atoms with Crippen molar-refractivity contribution in [3.05, 3.63) is 47.8 Å². The quantitative estimate of drug-likeness (QED) is 0.324. The highest BCUT2D eigenvalue weighted by Crippen LogP contribution is 2.45. The molecule has 2 heterocycles. The van der Waals surface area contributed by atoms with Crippen LogP contribution in [0.5, 0.6) is 0 Å². The summed E-state index contributed by atoms with van der Waals surface area (Å²) >= 11 is 0. The largest absolute Gasteiger partial charge is 0.444 e. The van der Waals surface area contributed by atoms with Crippen LogP contribution in [0.3, 0.4) is 0 Å². The first-order valence-corrected chi connectivity index (χ1v) is 18.2. The molecule has 0 unspecified atom stereocenters. The number of halogens is 1. The van der Waals surface area contributed by atoms with Crippen LogP contribution in [0, 0.1) is 17.2 Å². The van der Waals surface area contributed by atoms with Crippen LogP contribution in [-0.2, 0) is 47.0 Å². The number of nitrogens with zero attached hydrogens (tertiary/aromatic N) is 2. The van der Waals surface area contributed by atoms with Gasteiger partial charge in [-0.1, -0.05) is 39.0 Å². The number of fused-ring (bicyclic) bond motifs is 1. The Morgan fingerprint density at radius 1 is 1.08 bits per heavy atom. The van der Waals surface area contributed by atoms with E-state index < -0.39 is 91.7 Å².